The van der Waals surface area contributed by atoms with Crippen molar-refractivity contribution >= 4 is 15.9 Å². The predicted octanol–water partition coefficient (Wildman–Crippen LogP) is 2.55. The number of hydrogen-bond acceptors (Lipinski definition) is 2. The molecule has 0 atom stereocenters. The highest BCUT2D eigenvalue weighted by atomic mass is 79.9. The molecule has 0 amide bonds. The first-order chi connectivity index (χ1) is 8.19. The lowest BCUT2D eigenvalue weighted by Gasteiger charge is -2.04. The zero-order valence-corrected chi connectivity index (χ0v) is 11.0. The Balaban J connectivity index is 2.16. The van der Waals surface area contributed by atoms with Gasteiger partial charge in [0.05, 0.1) is 18.6 Å². The summed E-state index contributed by atoms with van der Waals surface area (Å²) in [6.07, 6.45) is 3.63. The molecule has 0 unspecified atom stereocenters. The Labute approximate surface area is 108 Å². The molecule has 0 aliphatic carbocycles. The quantitative estimate of drug-likeness (QED) is 0.940. The second kappa shape index (κ2) is 5.42. The van der Waals surface area contributed by atoms with Gasteiger partial charge in [0.25, 0.3) is 0 Å². The summed E-state index contributed by atoms with van der Waals surface area (Å²) in [6.45, 7) is 1.20. The van der Waals surface area contributed by atoms with Crippen LogP contribution in [-0.2, 0) is 13.1 Å². The molecular formula is C12H13BrFN3. The molecule has 0 spiro atoms. The Hall–Kier alpha value is -1.20. The van der Waals surface area contributed by atoms with E-state index in [4.69, 9.17) is 0 Å². The van der Waals surface area contributed by atoms with Gasteiger partial charge in [-0.2, -0.15) is 0 Å². The molecule has 1 aromatic heterocycles. The maximum absolute atomic E-state index is 13.5. The average molecular weight is 298 g/mol. The molecular weight excluding hydrogens is 285 g/mol. The first-order valence-corrected chi connectivity index (χ1v) is 6.07. The van der Waals surface area contributed by atoms with Crippen molar-refractivity contribution in [1.82, 2.24) is 14.9 Å². The van der Waals surface area contributed by atoms with Crippen molar-refractivity contribution in [3.63, 3.8) is 0 Å². The molecule has 0 saturated heterocycles. The van der Waals surface area contributed by atoms with Gasteiger partial charge in [0.15, 0.2) is 0 Å². The lowest BCUT2D eigenvalue weighted by molar-refractivity contribution is 0.599. The molecule has 1 heterocycles. The van der Waals surface area contributed by atoms with Crippen molar-refractivity contribution in [2.75, 3.05) is 7.05 Å². The summed E-state index contributed by atoms with van der Waals surface area (Å²) in [5.41, 5.74) is 1.59. The summed E-state index contributed by atoms with van der Waals surface area (Å²) >= 11 is 3.34. The van der Waals surface area contributed by atoms with E-state index >= 15 is 0 Å². The van der Waals surface area contributed by atoms with Crippen LogP contribution in [0.3, 0.4) is 0 Å². The van der Waals surface area contributed by atoms with Crippen molar-refractivity contribution in [3.8, 4) is 0 Å². The third-order valence-electron chi connectivity index (χ3n) is 2.41. The minimum Gasteiger partial charge on any atom is -0.333 e. The summed E-state index contributed by atoms with van der Waals surface area (Å²) in [5, 5.41) is 3.02. The van der Waals surface area contributed by atoms with E-state index in [-0.39, 0.29) is 5.82 Å². The molecule has 1 N–H and O–H groups in total. The van der Waals surface area contributed by atoms with Gasteiger partial charge in [0.1, 0.15) is 5.82 Å². The fourth-order valence-electron chi connectivity index (χ4n) is 1.63. The molecule has 3 nitrogen and oxygen atoms in total. The fourth-order valence-corrected chi connectivity index (χ4v) is 2.03. The van der Waals surface area contributed by atoms with Gasteiger partial charge in [-0.05, 0) is 25.2 Å². The van der Waals surface area contributed by atoms with Crippen LogP contribution < -0.4 is 5.32 Å². The molecule has 0 aliphatic rings. The first-order valence-electron chi connectivity index (χ1n) is 5.28. The summed E-state index contributed by atoms with van der Waals surface area (Å²) < 4.78 is 16.3. The normalized spacial score (nSPS) is 10.8. The van der Waals surface area contributed by atoms with Crippen LogP contribution in [0.2, 0.25) is 0 Å². The van der Waals surface area contributed by atoms with Crippen molar-refractivity contribution in [2.45, 2.75) is 13.1 Å². The van der Waals surface area contributed by atoms with Crippen LogP contribution >= 0.6 is 15.9 Å². The van der Waals surface area contributed by atoms with E-state index < -0.39 is 0 Å². The molecule has 0 saturated carbocycles. The van der Waals surface area contributed by atoms with Crippen LogP contribution in [-0.4, -0.2) is 16.6 Å². The van der Waals surface area contributed by atoms with Crippen molar-refractivity contribution in [1.29, 1.82) is 0 Å². The zero-order valence-electron chi connectivity index (χ0n) is 9.45. The van der Waals surface area contributed by atoms with Crippen LogP contribution in [0.1, 0.15) is 11.3 Å². The third kappa shape index (κ3) is 3.14. The van der Waals surface area contributed by atoms with Crippen LogP contribution in [0.4, 0.5) is 4.39 Å². The SMILES string of the molecule is CNCc1cn(Cc2cc(Br)ccc2F)cn1. The second-order valence-corrected chi connectivity index (χ2v) is 4.72. The second-order valence-electron chi connectivity index (χ2n) is 3.80. The maximum atomic E-state index is 13.5. The maximum Gasteiger partial charge on any atom is 0.128 e. The van der Waals surface area contributed by atoms with E-state index in [9.17, 15) is 4.39 Å². The lowest BCUT2D eigenvalue weighted by atomic mass is 10.2. The number of nitrogens with one attached hydrogen (secondary N) is 1. The minimum absolute atomic E-state index is 0.197. The molecule has 0 radical (unpaired) electrons. The summed E-state index contributed by atoms with van der Waals surface area (Å²) in [7, 11) is 1.87. The molecule has 90 valence electrons. The Morgan fingerprint density at radius 3 is 3.06 bits per heavy atom. The van der Waals surface area contributed by atoms with Gasteiger partial charge in [0.2, 0.25) is 0 Å². The predicted molar refractivity (Wildman–Crippen MR) is 68.2 cm³/mol. The number of aromatic nitrogens is 2. The van der Waals surface area contributed by atoms with E-state index in [0.29, 0.717) is 18.7 Å². The smallest absolute Gasteiger partial charge is 0.128 e. The number of halogens is 2. The van der Waals surface area contributed by atoms with Crippen LogP contribution in [0, 0.1) is 5.82 Å². The standard InChI is InChI=1S/C12H13BrFN3/c1-15-5-11-7-17(8-16-11)6-9-4-10(13)2-3-12(9)14/h2-4,7-8,15H,5-6H2,1H3. The van der Waals surface area contributed by atoms with Gasteiger partial charge in [-0.15, -0.1) is 0 Å². The highest BCUT2D eigenvalue weighted by molar-refractivity contribution is 9.10. The summed E-state index contributed by atoms with van der Waals surface area (Å²) in [4.78, 5) is 4.22. The van der Waals surface area contributed by atoms with Crippen LogP contribution in [0.5, 0.6) is 0 Å². The molecule has 1 aromatic carbocycles. The molecule has 2 aromatic rings. The van der Waals surface area contributed by atoms with E-state index in [1.54, 1.807) is 18.5 Å². The Morgan fingerprint density at radius 2 is 2.29 bits per heavy atom. The van der Waals surface area contributed by atoms with Gasteiger partial charge in [-0.25, -0.2) is 9.37 Å². The lowest BCUT2D eigenvalue weighted by Crippen LogP contribution is -2.05. The summed E-state index contributed by atoms with van der Waals surface area (Å²) in [5.74, 6) is -0.197. The highest BCUT2D eigenvalue weighted by Crippen LogP contribution is 2.16. The summed E-state index contributed by atoms with van der Waals surface area (Å²) in [6, 6.07) is 4.94. The van der Waals surface area contributed by atoms with Crippen molar-refractivity contribution < 1.29 is 4.39 Å². The van der Waals surface area contributed by atoms with E-state index in [1.807, 2.05) is 17.8 Å². The largest absolute Gasteiger partial charge is 0.333 e. The van der Waals surface area contributed by atoms with E-state index in [0.717, 1.165) is 10.2 Å². The van der Waals surface area contributed by atoms with Gasteiger partial charge < -0.3 is 9.88 Å². The molecule has 17 heavy (non-hydrogen) atoms. The Morgan fingerprint density at radius 1 is 1.47 bits per heavy atom. The number of imidazole rings is 1. The molecule has 0 aliphatic heterocycles. The fraction of sp³-hybridized carbons (Fsp3) is 0.250. The zero-order chi connectivity index (χ0) is 12.3. The number of nitrogens with zero attached hydrogens (tertiary/aromatic N) is 2. The minimum atomic E-state index is -0.197. The number of benzene rings is 1. The van der Waals surface area contributed by atoms with Crippen LogP contribution in [0.25, 0.3) is 0 Å². The molecule has 0 bridgehead atoms. The van der Waals surface area contributed by atoms with Crippen LogP contribution in [0.15, 0.2) is 35.2 Å². The molecule has 2 rings (SSSR count). The molecule has 0 fully saturated rings. The van der Waals surface area contributed by atoms with Crippen molar-refractivity contribution in [2.24, 2.45) is 0 Å². The number of rotatable bonds is 4. The molecule has 5 heteroatoms. The monoisotopic (exact) mass is 297 g/mol. The average Bonchev–Trinajstić information content (AvgIpc) is 2.72. The van der Waals surface area contributed by atoms with Gasteiger partial charge >= 0.3 is 0 Å². The Bertz CT molecular complexity index is 510. The van der Waals surface area contributed by atoms with Gasteiger partial charge in [-0.1, -0.05) is 15.9 Å². The number of hydrogen-bond donors (Lipinski definition) is 1. The topological polar surface area (TPSA) is 29.9 Å². The van der Waals surface area contributed by atoms with E-state index in [2.05, 4.69) is 26.2 Å². The van der Waals surface area contributed by atoms with Crippen molar-refractivity contribution in [3.05, 3.63) is 52.3 Å². The Kier molecular flexibility index (Phi) is 3.91. The van der Waals surface area contributed by atoms with Gasteiger partial charge in [0, 0.05) is 22.8 Å². The first kappa shape index (κ1) is 12.3. The third-order valence-corrected chi connectivity index (χ3v) is 2.90. The highest BCUT2D eigenvalue weighted by Gasteiger charge is 2.04. The van der Waals surface area contributed by atoms with E-state index in [1.165, 1.54) is 6.07 Å². The van der Waals surface area contributed by atoms with Gasteiger partial charge in [-0.3, -0.25) is 0 Å².